The molecule has 0 spiro atoms. The average Bonchev–Trinajstić information content (AvgIpc) is 3.70. The molecule has 0 saturated heterocycles. The number of benzene rings is 1. The van der Waals surface area contributed by atoms with Crippen LogP contribution in [-0.4, -0.2) is 57.7 Å². The molecule has 1 aliphatic rings. The van der Waals surface area contributed by atoms with Crippen molar-refractivity contribution in [2.24, 2.45) is 0 Å². The van der Waals surface area contributed by atoms with E-state index in [-0.39, 0.29) is 30.4 Å². The summed E-state index contributed by atoms with van der Waals surface area (Å²) in [5.41, 5.74) is 1.38. The monoisotopic (exact) mass is 577 g/mol. The number of anilines is 2. The van der Waals surface area contributed by atoms with E-state index in [1.807, 2.05) is 31.3 Å². The Labute approximate surface area is 242 Å². The second-order valence-corrected chi connectivity index (χ2v) is 11.3. The third-order valence-electron chi connectivity index (χ3n) is 7.11. The molecule has 216 valence electrons. The van der Waals surface area contributed by atoms with Gasteiger partial charge in [0.2, 0.25) is 17.6 Å². The van der Waals surface area contributed by atoms with Gasteiger partial charge in [0.15, 0.2) is 5.13 Å². The van der Waals surface area contributed by atoms with Crippen LogP contribution in [0.3, 0.4) is 0 Å². The first-order valence-electron chi connectivity index (χ1n) is 14.0. The van der Waals surface area contributed by atoms with Crippen LogP contribution in [0.15, 0.2) is 35.0 Å². The number of nitrogens with one attached hydrogen (secondary N) is 3. The summed E-state index contributed by atoms with van der Waals surface area (Å²) in [6.07, 6.45) is 7.50. The number of rotatable bonds is 12. The molecule has 0 unspecified atom stereocenters. The lowest BCUT2D eigenvalue weighted by Gasteiger charge is -2.20. The summed E-state index contributed by atoms with van der Waals surface area (Å²) in [5.74, 6) is 1.12. The minimum absolute atomic E-state index is 0.0263. The van der Waals surface area contributed by atoms with Gasteiger partial charge in [-0.15, -0.1) is 0 Å². The molecule has 0 radical (unpaired) electrons. The summed E-state index contributed by atoms with van der Waals surface area (Å²) in [6, 6.07) is 7.66. The molecule has 1 saturated carbocycles. The highest BCUT2D eigenvalue weighted by Crippen LogP contribution is 2.29. The average molecular weight is 578 g/mol. The molecule has 5 rings (SSSR count). The van der Waals surface area contributed by atoms with E-state index >= 15 is 0 Å². The van der Waals surface area contributed by atoms with Gasteiger partial charge in [-0.05, 0) is 76.6 Å². The molecular weight excluding hydrogens is 542 g/mol. The van der Waals surface area contributed by atoms with Crippen molar-refractivity contribution in [3.05, 3.63) is 46.9 Å². The van der Waals surface area contributed by atoms with E-state index in [1.165, 1.54) is 0 Å². The number of hydrogen-bond acceptors (Lipinski definition) is 11. The van der Waals surface area contributed by atoms with Gasteiger partial charge in [-0.2, -0.15) is 4.98 Å². The van der Waals surface area contributed by atoms with E-state index in [4.69, 9.17) is 9.26 Å². The molecule has 3 heterocycles. The Balaban J connectivity index is 1.29. The number of hydrogen-bond donors (Lipinski definition) is 3. The molecule has 1 fully saturated rings. The lowest BCUT2D eigenvalue weighted by molar-refractivity contribution is -0.116. The summed E-state index contributed by atoms with van der Waals surface area (Å²) < 4.78 is 10.8. The highest BCUT2D eigenvalue weighted by Gasteiger charge is 2.24. The van der Waals surface area contributed by atoms with Gasteiger partial charge in [-0.25, -0.2) is 14.8 Å². The Morgan fingerprint density at radius 3 is 2.76 bits per heavy atom. The number of fused-ring (bicyclic) bond motifs is 1. The van der Waals surface area contributed by atoms with E-state index in [0.717, 1.165) is 72.7 Å². The minimum atomic E-state index is -0.364. The quantitative estimate of drug-likeness (QED) is 0.150. The molecule has 1 atom stereocenters. The fourth-order valence-corrected chi connectivity index (χ4v) is 5.89. The first kappa shape index (κ1) is 28.6. The first-order valence-corrected chi connectivity index (χ1v) is 14.8. The van der Waals surface area contributed by atoms with Crippen molar-refractivity contribution in [1.82, 2.24) is 25.4 Å². The van der Waals surface area contributed by atoms with Crippen LogP contribution in [0, 0.1) is 13.8 Å². The molecular formula is C29H35N7O4S. The van der Waals surface area contributed by atoms with Crippen molar-refractivity contribution in [2.45, 2.75) is 70.9 Å². The maximum Gasteiger partial charge on any atom is 0.350 e. The van der Waals surface area contributed by atoms with E-state index < -0.39 is 0 Å². The molecule has 3 aromatic heterocycles. The topological polar surface area (TPSA) is 144 Å². The summed E-state index contributed by atoms with van der Waals surface area (Å²) in [5, 5.41) is 15.9. The van der Waals surface area contributed by atoms with Crippen LogP contribution in [0.4, 0.5) is 10.9 Å². The lowest BCUT2D eigenvalue weighted by atomic mass is 10.0. The van der Waals surface area contributed by atoms with E-state index in [1.54, 1.807) is 20.0 Å². The van der Waals surface area contributed by atoms with Gasteiger partial charge < -0.3 is 25.2 Å². The third kappa shape index (κ3) is 7.25. The second kappa shape index (κ2) is 13.2. The van der Waals surface area contributed by atoms with E-state index in [0.29, 0.717) is 33.2 Å². The number of thiazole rings is 1. The van der Waals surface area contributed by atoms with Crippen LogP contribution in [-0.2, 0) is 9.53 Å². The van der Waals surface area contributed by atoms with Gasteiger partial charge in [0.05, 0.1) is 5.69 Å². The van der Waals surface area contributed by atoms with Gasteiger partial charge in [0, 0.05) is 36.5 Å². The Morgan fingerprint density at radius 1 is 1.17 bits per heavy atom. The molecule has 0 bridgehead atoms. The zero-order valence-corrected chi connectivity index (χ0v) is 24.3. The van der Waals surface area contributed by atoms with Crippen molar-refractivity contribution in [1.29, 1.82) is 0 Å². The number of carbonyl (C=O) groups excluding carboxylic acids is 2. The number of aryl methyl sites for hydroxylation is 2. The zero-order chi connectivity index (χ0) is 28.8. The molecule has 1 aliphatic carbocycles. The number of aromatic nitrogens is 4. The van der Waals surface area contributed by atoms with E-state index in [9.17, 15) is 9.59 Å². The molecule has 4 aromatic rings. The molecule has 41 heavy (non-hydrogen) atoms. The van der Waals surface area contributed by atoms with Gasteiger partial charge in [0.1, 0.15) is 16.8 Å². The van der Waals surface area contributed by atoms with Crippen molar-refractivity contribution in [2.75, 3.05) is 24.2 Å². The van der Waals surface area contributed by atoms with Crippen molar-refractivity contribution in [3.8, 4) is 11.4 Å². The van der Waals surface area contributed by atoms with Gasteiger partial charge in [-0.3, -0.25) is 4.79 Å². The standard InChI is InChI=1S/C29H35N7O4S/c1-17-25(28(38)39-22-8-4-5-9-22)41-29(32-17)35-24(37)16-21(7-6-13-30-3)34-27-23-15-20(26-33-18(2)40-36-26)11-10-19(23)12-14-31-27/h10-12,14-15,21-22,30H,4-9,13,16H2,1-3H3,(H,31,34)(H,32,35,37)/t21-/m0/s1. The fourth-order valence-electron chi connectivity index (χ4n) is 5.03. The third-order valence-corrected chi connectivity index (χ3v) is 8.16. The Kier molecular flexibility index (Phi) is 9.20. The van der Waals surface area contributed by atoms with Crippen LogP contribution < -0.4 is 16.0 Å². The minimum Gasteiger partial charge on any atom is -0.458 e. The second-order valence-electron chi connectivity index (χ2n) is 10.3. The highest BCUT2D eigenvalue weighted by atomic mass is 32.1. The van der Waals surface area contributed by atoms with Crippen LogP contribution in [0.5, 0.6) is 0 Å². The highest BCUT2D eigenvalue weighted by molar-refractivity contribution is 7.17. The predicted octanol–water partition coefficient (Wildman–Crippen LogP) is 5.27. The van der Waals surface area contributed by atoms with Gasteiger partial charge >= 0.3 is 5.97 Å². The Hall–Kier alpha value is -3.90. The van der Waals surface area contributed by atoms with Gasteiger partial charge in [-0.1, -0.05) is 28.6 Å². The van der Waals surface area contributed by atoms with Crippen LogP contribution in [0.2, 0.25) is 0 Å². The van der Waals surface area contributed by atoms with Crippen molar-refractivity contribution < 1.29 is 18.8 Å². The summed E-state index contributed by atoms with van der Waals surface area (Å²) in [4.78, 5) is 39.6. The summed E-state index contributed by atoms with van der Waals surface area (Å²) in [6.45, 7) is 4.33. The smallest absolute Gasteiger partial charge is 0.350 e. The normalized spacial score (nSPS) is 14.3. The van der Waals surface area contributed by atoms with Crippen LogP contribution in [0.25, 0.3) is 22.2 Å². The lowest BCUT2D eigenvalue weighted by Crippen LogP contribution is -2.28. The van der Waals surface area contributed by atoms with Crippen molar-refractivity contribution >= 4 is 44.9 Å². The molecule has 0 aliphatic heterocycles. The first-order chi connectivity index (χ1) is 19.9. The molecule has 12 heteroatoms. The predicted molar refractivity (Wildman–Crippen MR) is 158 cm³/mol. The molecule has 3 N–H and O–H groups in total. The summed E-state index contributed by atoms with van der Waals surface area (Å²) in [7, 11) is 1.91. The van der Waals surface area contributed by atoms with Crippen molar-refractivity contribution in [3.63, 3.8) is 0 Å². The Bertz CT molecular complexity index is 1510. The largest absolute Gasteiger partial charge is 0.458 e. The fraction of sp³-hybridized carbons (Fsp3) is 0.448. The Morgan fingerprint density at radius 2 is 2.00 bits per heavy atom. The molecule has 1 amide bonds. The van der Waals surface area contributed by atoms with E-state index in [2.05, 4.69) is 36.1 Å². The number of nitrogens with zero attached hydrogens (tertiary/aromatic N) is 4. The number of esters is 1. The number of pyridine rings is 1. The SMILES string of the molecule is CNCCC[C@@H](CC(=O)Nc1nc(C)c(C(=O)OC2CCCC2)s1)Nc1nccc2ccc(-c3noc(C)n3)cc12. The maximum absolute atomic E-state index is 13.2. The zero-order valence-electron chi connectivity index (χ0n) is 23.5. The van der Waals surface area contributed by atoms with Gasteiger partial charge in [0.25, 0.3) is 0 Å². The van der Waals surface area contributed by atoms with Crippen LogP contribution >= 0.6 is 11.3 Å². The number of ether oxygens (including phenoxy) is 1. The molecule has 1 aromatic carbocycles. The molecule has 11 nitrogen and oxygen atoms in total. The maximum atomic E-state index is 13.2. The van der Waals surface area contributed by atoms with Crippen LogP contribution in [0.1, 0.15) is 66.2 Å². The summed E-state index contributed by atoms with van der Waals surface area (Å²) >= 11 is 1.16. The number of amides is 1. The number of carbonyl (C=O) groups is 2.